The van der Waals surface area contributed by atoms with Crippen LogP contribution in [0.25, 0.3) is 0 Å². The molecule has 1 rings (SSSR count). The fourth-order valence-corrected chi connectivity index (χ4v) is 2.12. The predicted molar refractivity (Wildman–Crippen MR) is 97.7 cm³/mol. The van der Waals surface area contributed by atoms with Crippen molar-refractivity contribution in [3.05, 3.63) is 24.4 Å². The fraction of sp³-hybridized carbons (Fsp3) is 0.684. The van der Waals surface area contributed by atoms with Crippen molar-refractivity contribution in [2.45, 2.75) is 20.3 Å². The van der Waals surface area contributed by atoms with Crippen LogP contribution in [-0.2, 0) is 28.5 Å². The second kappa shape index (κ2) is 13.6. The molecule has 0 N–H and O–H groups in total. The van der Waals surface area contributed by atoms with Crippen molar-refractivity contribution in [1.82, 2.24) is 4.90 Å². The van der Waals surface area contributed by atoms with E-state index in [1.54, 1.807) is 11.0 Å². The van der Waals surface area contributed by atoms with Crippen molar-refractivity contribution in [3.63, 3.8) is 0 Å². The number of hydrogen-bond acceptors (Lipinski definition) is 6. The topological polar surface area (TPSA) is 74.3 Å². The van der Waals surface area contributed by atoms with Crippen LogP contribution >= 0.6 is 0 Å². The lowest BCUT2D eigenvalue weighted by Gasteiger charge is -2.16. The number of ketones is 1. The maximum atomic E-state index is 11.5. The number of Topliss-reactive ketones (excluding diaryl/α,β-unsaturated/α-hetero) is 1. The average molecular weight is 369 g/mol. The van der Waals surface area contributed by atoms with Crippen molar-refractivity contribution in [2.75, 3.05) is 59.4 Å². The largest absolute Gasteiger partial charge is 0.379 e. The van der Waals surface area contributed by atoms with E-state index in [1.165, 1.54) is 6.08 Å². The molecule has 0 radical (unpaired) electrons. The van der Waals surface area contributed by atoms with E-state index in [4.69, 9.17) is 18.9 Å². The van der Waals surface area contributed by atoms with Gasteiger partial charge in [0.15, 0.2) is 0 Å². The van der Waals surface area contributed by atoms with Gasteiger partial charge in [-0.2, -0.15) is 0 Å². The lowest BCUT2D eigenvalue weighted by Crippen LogP contribution is -2.28. The zero-order valence-electron chi connectivity index (χ0n) is 15.9. The summed E-state index contributed by atoms with van der Waals surface area (Å²) in [6.45, 7) is 11.8. The van der Waals surface area contributed by atoms with Crippen LogP contribution < -0.4 is 0 Å². The number of ether oxygens (including phenoxy) is 4. The van der Waals surface area contributed by atoms with Crippen LogP contribution in [0.3, 0.4) is 0 Å². The van der Waals surface area contributed by atoms with Crippen molar-refractivity contribution >= 4 is 11.7 Å². The smallest absolute Gasteiger partial charge is 0.251 e. The Labute approximate surface area is 155 Å². The maximum absolute atomic E-state index is 11.5. The third kappa shape index (κ3) is 9.82. The van der Waals surface area contributed by atoms with Crippen LogP contribution in [0.15, 0.2) is 24.4 Å². The minimum Gasteiger partial charge on any atom is -0.379 e. The normalized spacial score (nSPS) is 14.0. The molecule has 0 aromatic carbocycles. The summed E-state index contributed by atoms with van der Waals surface area (Å²) in [4.78, 5) is 24.4. The molecule has 0 saturated heterocycles. The quantitative estimate of drug-likeness (QED) is 0.385. The Balaban J connectivity index is 1.78. The molecule has 1 aliphatic heterocycles. The number of hydrogen-bond donors (Lipinski definition) is 0. The summed E-state index contributed by atoms with van der Waals surface area (Å²) in [5, 5.41) is 0. The first-order chi connectivity index (χ1) is 12.5. The van der Waals surface area contributed by atoms with Crippen molar-refractivity contribution in [2.24, 2.45) is 5.92 Å². The molecule has 0 atom stereocenters. The Hall–Kier alpha value is -1.54. The molecule has 148 valence electrons. The molecular formula is C19H31NO6. The van der Waals surface area contributed by atoms with E-state index in [-0.39, 0.29) is 17.6 Å². The van der Waals surface area contributed by atoms with Gasteiger partial charge in [-0.15, -0.1) is 0 Å². The molecule has 0 spiro atoms. The second-order valence-corrected chi connectivity index (χ2v) is 6.14. The van der Waals surface area contributed by atoms with Gasteiger partial charge >= 0.3 is 0 Å². The van der Waals surface area contributed by atoms with Crippen LogP contribution in [0.1, 0.15) is 20.3 Å². The molecule has 0 aromatic heterocycles. The Morgan fingerprint density at radius 2 is 1.42 bits per heavy atom. The Kier molecular flexibility index (Phi) is 11.8. The van der Waals surface area contributed by atoms with E-state index in [1.807, 2.05) is 13.8 Å². The zero-order chi connectivity index (χ0) is 19.2. The van der Waals surface area contributed by atoms with Gasteiger partial charge in [-0.1, -0.05) is 20.4 Å². The molecular weight excluding hydrogens is 338 g/mol. The molecule has 0 aliphatic carbocycles. The molecule has 1 aliphatic rings. The highest BCUT2D eigenvalue weighted by Gasteiger charge is 2.17. The SMILES string of the molecule is C=C1C=CC(=O)N1CCOCCOCCOCCOCCC(=O)C(C)C. The summed E-state index contributed by atoms with van der Waals surface area (Å²) in [5.41, 5.74) is 0.697. The summed E-state index contributed by atoms with van der Waals surface area (Å²) >= 11 is 0. The van der Waals surface area contributed by atoms with Gasteiger partial charge in [0, 0.05) is 30.7 Å². The lowest BCUT2D eigenvalue weighted by atomic mass is 10.1. The average Bonchev–Trinajstić information content (AvgIpc) is 2.93. The van der Waals surface area contributed by atoms with E-state index in [2.05, 4.69) is 6.58 Å². The Bertz CT molecular complexity index is 457. The first-order valence-corrected chi connectivity index (χ1v) is 9.04. The number of carbonyl (C=O) groups excluding carboxylic acids is 2. The van der Waals surface area contributed by atoms with E-state index >= 15 is 0 Å². The van der Waals surface area contributed by atoms with Gasteiger partial charge in [-0.05, 0) is 6.08 Å². The second-order valence-electron chi connectivity index (χ2n) is 6.14. The summed E-state index contributed by atoms with van der Waals surface area (Å²) < 4.78 is 21.5. The number of rotatable bonds is 16. The lowest BCUT2D eigenvalue weighted by molar-refractivity contribution is -0.124. The molecule has 0 unspecified atom stereocenters. The minimum atomic E-state index is -0.0532. The van der Waals surface area contributed by atoms with Gasteiger partial charge in [0.05, 0.1) is 52.9 Å². The molecule has 0 aromatic rings. The monoisotopic (exact) mass is 369 g/mol. The molecule has 7 nitrogen and oxygen atoms in total. The van der Waals surface area contributed by atoms with Gasteiger partial charge in [0.1, 0.15) is 5.78 Å². The van der Waals surface area contributed by atoms with Crippen LogP contribution in [0.4, 0.5) is 0 Å². The van der Waals surface area contributed by atoms with Gasteiger partial charge in [-0.25, -0.2) is 0 Å². The highest BCUT2D eigenvalue weighted by molar-refractivity contribution is 5.92. The van der Waals surface area contributed by atoms with E-state index < -0.39 is 0 Å². The molecule has 7 heteroatoms. The van der Waals surface area contributed by atoms with Gasteiger partial charge in [-0.3, -0.25) is 9.59 Å². The summed E-state index contributed by atoms with van der Waals surface area (Å²) in [7, 11) is 0. The molecule has 26 heavy (non-hydrogen) atoms. The van der Waals surface area contributed by atoms with Gasteiger partial charge in [0.25, 0.3) is 5.91 Å². The Morgan fingerprint density at radius 1 is 0.923 bits per heavy atom. The van der Waals surface area contributed by atoms with Crippen molar-refractivity contribution in [1.29, 1.82) is 0 Å². The summed E-state index contributed by atoms with van der Waals surface area (Å²) in [6, 6.07) is 0. The highest BCUT2D eigenvalue weighted by Crippen LogP contribution is 2.11. The van der Waals surface area contributed by atoms with E-state index in [0.717, 1.165) is 0 Å². The number of nitrogens with zero attached hydrogens (tertiary/aromatic N) is 1. The molecule has 1 heterocycles. The predicted octanol–water partition coefficient (Wildman–Crippen LogP) is 1.58. The number of allylic oxidation sites excluding steroid dienone is 1. The van der Waals surface area contributed by atoms with Gasteiger partial charge in [0.2, 0.25) is 0 Å². The third-order valence-corrected chi connectivity index (χ3v) is 3.74. The molecule has 0 bridgehead atoms. The minimum absolute atomic E-state index is 0.0532. The summed E-state index contributed by atoms with van der Waals surface area (Å²) in [6.07, 6.45) is 3.65. The maximum Gasteiger partial charge on any atom is 0.251 e. The van der Waals surface area contributed by atoms with Crippen molar-refractivity contribution < 1.29 is 28.5 Å². The summed E-state index contributed by atoms with van der Waals surface area (Å²) in [5.74, 6) is 0.229. The van der Waals surface area contributed by atoms with E-state index in [0.29, 0.717) is 71.5 Å². The van der Waals surface area contributed by atoms with E-state index in [9.17, 15) is 9.59 Å². The Morgan fingerprint density at radius 3 is 1.88 bits per heavy atom. The third-order valence-electron chi connectivity index (χ3n) is 3.74. The van der Waals surface area contributed by atoms with Crippen LogP contribution in [-0.4, -0.2) is 76.0 Å². The molecule has 0 fully saturated rings. The van der Waals surface area contributed by atoms with Crippen molar-refractivity contribution in [3.8, 4) is 0 Å². The first kappa shape index (κ1) is 22.5. The fourth-order valence-electron chi connectivity index (χ4n) is 2.12. The van der Waals surface area contributed by atoms with Gasteiger partial charge < -0.3 is 23.8 Å². The molecule has 1 amide bonds. The number of carbonyl (C=O) groups is 2. The van der Waals surface area contributed by atoms with Crippen LogP contribution in [0, 0.1) is 5.92 Å². The standard InChI is InChI=1S/C19H31NO6/c1-16(2)18(21)6-8-23-10-12-25-14-15-26-13-11-24-9-7-20-17(3)4-5-19(20)22/h4-5,16H,3,6-15H2,1-2H3. The van der Waals surface area contributed by atoms with Crippen LogP contribution in [0.2, 0.25) is 0 Å². The zero-order valence-corrected chi connectivity index (χ0v) is 15.9. The van der Waals surface area contributed by atoms with Crippen LogP contribution in [0.5, 0.6) is 0 Å². The highest BCUT2D eigenvalue weighted by atomic mass is 16.6. The first-order valence-electron chi connectivity index (χ1n) is 9.04. The molecule has 0 saturated carbocycles. The number of amides is 1.